The third-order valence-corrected chi connectivity index (χ3v) is 3.21. The quantitative estimate of drug-likeness (QED) is 0.617. The minimum atomic E-state index is 0.312. The highest BCUT2D eigenvalue weighted by molar-refractivity contribution is 4.82. The van der Waals surface area contributed by atoms with E-state index in [1.54, 1.807) is 0 Å². The first kappa shape index (κ1) is 12.0. The summed E-state index contributed by atoms with van der Waals surface area (Å²) < 4.78 is 0. The van der Waals surface area contributed by atoms with Crippen LogP contribution < -0.4 is 5.32 Å². The van der Waals surface area contributed by atoms with Crippen LogP contribution in [-0.4, -0.2) is 23.8 Å². The molecule has 1 rings (SSSR count). The van der Waals surface area contributed by atoms with E-state index in [1.165, 1.54) is 44.9 Å². The molecule has 0 aromatic rings. The van der Waals surface area contributed by atoms with Crippen LogP contribution in [0.4, 0.5) is 0 Å². The summed E-state index contributed by atoms with van der Waals surface area (Å²) in [5.41, 5.74) is 0. The standard InChI is InChI=1S/C12H25NO/c1-2-3-4-5-6-7-11-8-9-12(10-14)13-11/h11-14H,2-10H2,1H3/t11-,12-/m1/s1. The molecule has 1 aliphatic rings. The van der Waals surface area contributed by atoms with E-state index in [9.17, 15) is 0 Å². The Morgan fingerprint density at radius 1 is 1.07 bits per heavy atom. The summed E-state index contributed by atoms with van der Waals surface area (Å²) in [6.07, 6.45) is 10.6. The minimum absolute atomic E-state index is 0.312. The molecule has 0 bridgehead atoms. The Bertz CT molecular complexity index is 138. The fourth-order valence-corrected chi connectivity index (χ4v) is 2.27. The second kappa shape index (κ2) is 7.24. The summed E-state index contributed by atoms with van der Waals surface area (Å²) in [6.45, 7) is 2.57. The maximum atomic E-state index is 8.96. The van der Waals surface area contributed by atoms with E-state index >= 15 is 0 Å². The van der Waals surface area contributed by atoms with Crippen molar-refractivity contribution in [2.75, 3.05) is 6.61 Å². The van der Waals surface area contributed by atoms with Gasteiger partial charge in [-0.2, -0.15) is 0 Å². The van der Waals surface area contributed by atoms with Crippen molar-refractivity contribution in [3.63, 3.8) is 0 Å². The summed E-state index contributed by atoms with van der Waals surface area (Å²) in [4.78, 5) is 0. The Hall–Kier alpha value is -0.0800. The van der Waals surface area contributed by atoms with E-state index in [0.717, 1.165) is 6.42 Å². The monoisotopic (exact) mass is 199 g/mol. The fraction of sp³-hybridized carbons (Fsp3) is 1.00. The van der Waals surface area contributed by atoms with Gasteiger partial charge in [0.25, 0.3) is 0 Å². The van der Waals surface area contributed by atoms with Crippen LogP contribution in [0.5, 0.6) is 0 Å². The summed E-state index contributed by atoms with van der Waals surface area (Å²) in [6, 6.07) is 1.07. The van der Waals surface area contributed by atoms with Gasteiger partial charge < -0.3 is 10.4 Å². The zero-order chi connectivity index (χ0) is 10.2. The average Bonchev–Trinajstić information content (AvgIpc) is 2.65. The lowest BCUT2D eigenvalue weighted by atomic mass is 10.1. The van der Waals surface area contributed by atoms with Crippen molar-refractivity contribution in [2.24, 2.45) is 0 Å². The van der Waals surface area contributed by atoms with Gasteiger partial charge in [-0.05, 0) is 19.3 Å². The number of nitrogens with one attached hydrogen (secondary N) is 1. The van der Waals surface area contributed by atoms with Crippen molar-refractivity contribution in [1.29, 1.82) is 0 Å². The van der Waals surface area contributed by atoms with Gasteiger partial charge in [0.2, 0.25) is 0 Å². The van der Waals surface area contributed by atoms with Crippen LogP contribution in [-0.2, 0) is 0 Å². The van der Waals surface area contributed by atoms with Crippen LogP contribution in [0.2, 0.25) is 0 Å². The molecule has 84 valence electrons. The molecule has 0 spiro atoms. The predicted molar refractivity (Wildman–Crippen MR) is 60.4 cm³/mol. The number of rotatable bonds is 7. The highest BCUT2D eigenvalue weighted by Gasteiger charge is 2.21. The van der Waals surface area contributed by atoms with E-state index in [-0.39, 0.29) is 0 Å². The number of aliphatic hydroxyl groups is 1. The van der Waals surface area contributed by atoms with E-state index < -0.39 is 0 Å². The van der Waals surface area contributed by atoms with Gasteiger partial charge in [-0.15, -0.1) is 0 Å². The Morgan fingerprint density at radius 2 is 1.79 bits per heavy atom. The van der Waals surface area contributed by atoms with Gasteiger partial charge in [0.1, 0.15) is 0 Å². The van der Waals surface area contributed by atoms with E-state index in [0.29, 0.717) is 18.7 Å². The van der Waals surface area contributed by atoms with Gasteiger partial charge in [-0.1, -0.05) is 39.0 Å². The number of hydrogen-bond donors (Lipinski definition) is 2. The molecule has 0 radical (unpaired) electrons. The number of aliphatic hydroxyl groups excluding tert-OH is 1. The summed E-state index contributed by atoms with van der Waals surface area (Å²) in [7, 11) is 0. The molecule has 1 heterocycles. The molecular weight excluding hydrogens is 174 g/mol. The molecule has 0 aliphatic carbocycles. The van der Waals surface area contributed by atoms with Gasteiger partial charge in [-0.25, -0.2) is 0 Å². The lowest BCUT2D eigenvalue weighted by Gasteiger charge is -2.12. The second-order valence-electron chi connectivity index (χ2n) is 4.52. The molecule has 2 atom stereocenters. The van der Waals surface area contributed by atoms with Crippen molar-refractivity contribution >= 4 is 0 Å². The normalized spacial score (nSPS) is 27.0. The Kier molecular flexibility index (Phi) is 6.20. The van der Waals surface area contributed by atoms with Gasteiger partial charge in [0, 0.05) is 12.1 Å². The van der Waals surface area contributed by atoms with Crippen LogP contribution in [0.3, 0.4) is 0 Å². The summed E-state index contributed by atoms with van der Waals surface area (Å²) in [5, 5.41) is 12.4. The summed E-state index contributed by atoms with van der Waals surface area (Å²) >= 11 is 0. The zero-order valence-electron chi connectivity index (χ0n) is 9.47. The molecule has 1 saturated heterocycles. The van der Waals surface area contributed by atoms with Crippen molar-refractivity contribution in [3.05, 3.63) is 0 Å². The average molecular weight is 199 g/mol. The maximum Gasteiger partial charge on any atom is 0.0584 e. The molecule has 2 nitrogen and oxygen atoms in total. The lowest BCUT2D eigenvalue weighted by molar-refractivity contribution is 0.250. The number of hydrogen-bond acceptors (Lipinski definition) is 2. The highest BCUT2D eigenvalue weighted by atomic mass is 16.3. The van der Waals surface area contributed by atoms with Crippen molar-refractivity contribution in [2.45, 2.75) is 70.4 Å². The number of unbranched alkanes of at least 4 members (excludes halogenated alkanes) is 4. The second-order valence-corrected chi connectivity index (χ2v) is 4.52. The van der Waals surface area contributed by atoms with Gasteiger partial charge in [0.15, 0.2) is 0 Å². The molecule has 0 unspecified atom stereocenters. The highest BCUT2D eigenvalue weighted by Crippen LogP contribution is 2.17. The Morgan fingerprint density at radius 3 is 2.43 bits per heavy atom. The van der Waals surface area contributed by atoms with Gasteiger partial charge in [-0.3, -0.25) is 0 Å². The van der Waals surface area contributed by atoms with E-state index in [4.69, 9.17) is 5.11 Å². The van der Waals surface area contributed by atoms with Gasteiger partial charge >= 0.3 is 0 Å². The first-order valence-electron chi connectivity index (χ1n) is 6.23. The molecule has 0 saturated carbocycles. The summed E-state index contributed by atoms with van der Waals surface area (Å²) in [5.74, 6) is 0. The largest absolute Gasteiger partial charge is 0.395 e. The van der Waals surface area contributed by atoms with Gasteiger partial charge in [0.05, 0.1) is 6.61 Å². The van der Waals surface area contributed by atoms with E-state index in [2.05, 4.69) is 12.2 Å². The predicted octanol–water partition coefficient (Wildman–Crippen LogP) is 2.46. The lowest BCUT2D eigenvalue weighted by Crippen LogP contribution is -2.31. The topological polar surface area (TPSA) is 32.3 Å². The van der Waals surface area contributed by atoms with Crippen LogP contribution in [0, 0.1) is 0 Å². The van der Waals surface area contributed by atoms with Crippen LogP contribution in [0.1, 0.15) is 58.3 Å². The van der Waals surface area contributed by atoms with Crippen LogP contribution in [0.15, 0.2) is 0 Å². The first-order chi connectivity index (χ1) is 6.86. The maximum absolute atomic E-state index is 8.96. The van der Waals surface area contributed by atoms with Crippen LogP contribution >= 0.6 is 0 Å². The molecule has 1 fully saturated rings. The minimum Gasteiger partial charge on any atom is -0.395 e. The molecule has 0 aromatic carbocycles. The zero-order valence-corrected chi connectivity index (χ0v) is 9.47. The third kappa shape index (κ3) is 4.43. The SMILES string of the molecule is CCCCCCC[C@@H]1CC[C@H](CO)N1. The molecule has 2 heteroatoms. The van der Waals surface area contributed by atoms with Crippen LogP contribution in [0.25, 0.3) is 0 Å². The molecule has 2 N–H and O–H groups in total. The van der Waals surface area contributed by atoms with E-state index in [1.807, 2.05) is 0 Å². The Balaban J connectivity index is 1.92. The first-order valence-corrected chi connectivity index (χ1v) is 6.23. The van der Waals surface area contributed by atoms with Crippen molar-refractivity contribution in [1.82, 2.24) is 5.32 Å². The molecule has 0 aromatic heterocycles. The fourth-order valence-electron chi connectivity index (χ4n) is 2.27. The van der Waals surface area contributed by atoms with Crippen molar-refractivity contribution < 1.29 is 5.11 Å². The molecule has 1 aliphatic heterocycles. The third-order valence-electron chi connectivity index (χ3n) is 3.21. The Labute approximate surface area is 88.1 Å². The molecule has 14 heavy (non-hydrogen) atoms. The molecular formula is C12H25NO. The van der Waals surface area contributed by atoms with Crippen molar-refractivity contribution in [3.8, 4) is 0 Å². The molecule has 0 amide bonds. The smallest absolute Gasteiger partial charge is 0.0584 e.